The average molecular weight is 400 g/mol. The quantitative estimate of drug-likeness (QED) is 0.281. The monoisotopic (exact) mass is 399 g/mol. The summed E-state index contributed by atoms with van der Waals surface area (Å²) in [6.45, 7) is 4.48. The molecule has 1 aromatic heterocycles. The Bertz CT molecular complexity index is 844. The van der Waals surface area contributed by atoms with Gasteiger partial charge in [-0.05, 0) is 60.4 Å². The summed E-state index contributed by atoms with van der Waals surface area (Å²) in [5.41, 5.74) is 7.89. The van der Waals surface area contributed by atoms with Crippen molar-refractivity contribution in [3.63, 3.8) is 0 Å². The third kappa shape index (κ3) is 7.13. The van der Waals surface area contributed by atoms with Crippen LogP contribution < -0.4 is 0 Å². The summed E-state index contributed by atoms with van der Waals surface area (Å²) in [6.07, 6.45) is 14.4. The van der Waals surface area contributed by atoms with Crippen molar-refractivity contribution in [2.45, 2.75) is 78.1 Å². The summed E-state index contributed by atoms with van der Waals surface area (Å²) in [5.74, 6) is 0. The first-order valence-electron chi connectivity index (χ1n) is 11.9. The molecule has 0 amide bonds. The first kappa shape index (κ1) is 22.3. The molecule has 0 N–H and O–H groups in total. The summed E-state index contributed by atoms with van der Waals surface area (Å²) in [6, 6.07) is 22.5. The lowest BCUT2D eigenvalue weighted by Crippen LogP contribution is -1.93. The van der Waals surface area contributed by atoms with Crippen LogP contribution in [0.15, 0.2) is 66.9 Å². The molecule has 1 nitrogen and oxygen atoms in total. The van der Waals surface area contributed by atoms with E-state index in [0.717, 1.165) is 31.4 Å². The largest absolute Gasteiger partial charge is 0.256 e. The van der Waals surface area contributed by atoms with Crippen molar-refractivity contribution in [3.05, 3.63) is 89.1 Å². The SMILES string of the molecule is CCCCCCCc1ccc(CCc2ccc(-c3ccc(CCC)cn3)cc2)cc1. The molecule has 0 unspecified atom stereocenters. The summed E-state index contributed by atoms with van der Waals surface area (Å²) >= 11 is 0. The van der Waals surface area contributed by atoms with Gasteiger partial charge < -0.3 is 0 Å². The minimum absolute atomic E-state index is 1.06. The van der Waals surface area contributed by atoms with Crippen molar-refractivity contribution in [2.24, 2.45) is 0 Å². The number of hydrogen-bond donors (Lipinski definition) is 0. The van der Waals surface area contributed by atoms with Crippen molar-refractivity contribution in [2.75, 3.05) is 0 Å². The molecule has 0 spiro atoms. The van der Waals surface area contributed by atoms with E-state index >= 15 is 0 Å². The average Bonchev–Trinajstić information content (AvgIpc) is 2.79. The van der Waals surface area contributed by atoms with Crippen LogP contribution in [0, 0.1) is 0 Å². The van der Waals surface area contributed by atoms with Crippen molar-refractivity contribution in [1.82, 2.24) is 4.98 Å². The van der Waals surface area contributed by atoms with Crippen LogP contribution in [0.4, 0.5) is 0 Å². The van der Waals surface area contributed by atoms with E-state index in [4.69, 9.17) is 0 Å². The molecular weight excluding hydrogens is 362 g/mol. The number of aryl methyl sites for hydroxylation is 4. The molecule has 0 bridgehead atoms. The van der Waals surface area contributed by atoms with Gasteiger partial charge in [0.05, 0.1) is 5.69 Å². The Morgan fingerprint density at radius 1 is 0.500 bits per heavy atom. The lowest BCUT2D eigenvalue weighted by Gasteiger charge is -2.07. The third-order valence-electron chi connectivity index (χ3n) is 5.91. The van der Waals surface area contributed by atoms with Gasteiger partial charge in [0.25, 0.3) is 0 Å². The lowest BCUT2D eigenvalue weighted by atomic mass is 10.00. The van der Waals surface area contributed by atoms with Gasteiger partial charge in [0.2, 0.25) is 0 Å². The van der Waals surface area contributed by atoms with E-state index in [-0.39, 0.29) is 0 Å². The van der Waals surface area contributed by atoms with E-state index in [9.17, 15) is 0 Å². The summed E-state index contributed by atoms with van der Waals surface area (Å²) < 4.78 is 0. The van der Waals surface area contributed by atoms with Crippen molar-refractivity contribution < 1.29 is 0 Å². The minimum Gasteiger partial charge on any atom is -0.256 e. The smallest absolute Gasteiger partial charge is 0.0702 e. The number of aromatic nitrogens is 1. The highest BCUT2D eigenvalue weighted by Crippen LogP contribution is 2.19. The molecule has 0 aliphatic heterocycles. The molecular formula is C29H37N. The molecule has 0 saturated carbocycles. The van der Waals surface area contributed by atoms with Crippen LogP contribution in [-0.2, 0) is 25.7 Å². The second-order valence-corrected chi connectivity index (χ2v) is 8.48. The maximum absolute atomic E-state index is 4.63. The zero-order chi connectivity index (χ0) is 21.0. The highest BCUT2D eigenvalue weighted by molar-refractivity contribution is 5.59. The topological polar surface area (TPSA) is 12.9 Å². The van der Waals surface area contributed by atoms with Crippen LogP contribution >= 0.6 is 0 Å². The predicted molar refractivity (Wildman–Crippen MR) is 130 cm³/mol. The molecule has 3 rings (SSSR count). The Kier molecular flexibility index (Phi) is 9.15. The Hall–Kier alpha value is -2.41. The molecule has 1 heteroatoms. The fourth-order valence-corrected chi connectivity index (χ4v) is 3.97. The second-order valence-electron chi connectivity index (χ2n) is 8.48. The van der Waals surface area contributed by atoms with Crippen LogP contribution in [0.2, 0.25) is 0 Å². The number of benzene rings is 2. The van der Waals surface area contributed by atoms with Crippen LogP contribution in [-0.4, -0.2) is 4.98 Å². The molecule has 1 heterocycles. The number of pyridine rings is 1. The van der Waals surface area contributed by atoms with Gasteiger partial charge in [0, 0.05) is 11.8 Å². The standard InChI is InChI=1S/C29H37N/c1-3-5-6-7-8-10-24-11-13-25(14-12-24)15-16-26-17-20-28(21-18-26)29-22-19-27(9-4-2)23-30-29/h11-14,17-23H,3-10,15-16H2,1-2H3. The van der Waals surface area contributed by atoms with Crippen molar-refractivity contribution in [3.8, 4) is 11.3 Å². The highest BCUT2D eigenvalue weighted by atomic mass is 14.7. The van der Waals surface area contributed by atoms with Gasteiger partial charge in [-0.15, -0.1) is 0 Å². The maximum atomic E-state index is 4.63. The number of unbranched alkanes of at least 4 members (excludes halogenated alkanes) is 4. The molecule has 0 atom stereocenters. The zero-order valence-electron chi connectivity index (χ0n) is 18.9. The Morgan fingerprint density at radius 2 is 1.07 bits per heavy atom. The van der Waals surface area contributed by atoms with Crippen LogP contribution in [0.25, 0.3) is 11.3 Å². The lowest BCUT2D eigenvalue weighted by molar-refractivity contribution is 0.632. The van der Waals surface area contributed by atoms with Gasteiger partial charge >= 0.3 is 0 Å². The molecule has 0 radical (unpaired) electrons. The summed E-state index contributed by atoms with van der Waals surface area (Å²) in [5, 5.41) is 0. The number of rotatable bonds is 12. The highest BCUT2D eigenvalue weighted by Gasteiger charge is 2.02. The molecule has 0 saturated heterocycles. The van der Waals surface area contributed by atoms with Gasteiger partial charge in [-0.25, -0.2) is 0 Å². The molecule has 2 aromatic carbocycles. The molecule has 0 fully saturated rings. The van der Waals surface area contributed by atoms with Gasteiger partial charge in [0.1, 0.15) is 0 Å². The van der Waals surface area contributed by atoms with Gasteiger partial charge in [-0.2, -0.15) is 0 Å². The van der Waals surface area contributed by atoms with E-state index in [1.165, 1.54) is 66.3 Å². The maximum Gasteiger partial charge on any atom is 0.0702 e. The normalized spacial score (nSPS) is 11.0. The van der Waals surface area contributed by atoms with E-state index in [0.29, 0.717) is 0 Å². The zero-order valence-corrected chi connectivity index (χ0v) is 18.9. The van der Waals surface area contributed by atoms with Gasteiger partial charge in [-0.1, -0.05) is 101 Å². The summed E-state index contributed by atoms with van der Waals surface area (Å²) in [4.78, 5) is 4.63. The first-order chi connectivity index (χ1) is 14.8. The molecule has 0 aliphatic carbocycles. The van der Waals surface area contributed by atoms with E-state index in [2.05, 4.69) is 79.5 Å². The third-order valence-corrected chi connectivity index (χ3v) is 5.91. The van der Waals surface area contributed by atoms with Crippen LogP contribution in [0.1, 0.15) is 74.6 Å². The number of hydrogen-bond acceptors (Lipinski definition) is 1. The first-order valence-corrected chi connectivity index (χ1v) is 11.9. The Balaban J connectivity index is 1.46. The van der Waals surface area contributed by atoms with Crippen LogP contribution in [0.3, 0.4) is 0 Å². The van der Waals surface area contributed by atoms with Crippen molar-refractivity contribution in [1.29, 1.82) is 0 Å². The minimum atomic E-state index is 1.06. The Labute approximate surface area is 183 Å². The fraction of sp³-hybridized carbons (Fsp3) is 0.414. The summed E-state index contributed by atoms with van der Waals surface area (Å²) in [7, 11) is 0. The van der Waals surface area contributed by atoms with E-state index in [1.54, 1.807) is 0 Å². The Morgan fingerprint density at radius 3 is 1.63 bits per heavy atom. The molecule has 30 heavy (non-hydrogen) atoms. The fourth-order valence-electron chi connectivity index (χ4n) is 3.97. The number of nitrogens with zero attached hydrogens (tertiary/aromatic N) is 1. The molecule has 3 aromatic rings. The van der Waals surface area contributed by atoms with Crippen molar-refractivity contribution >= 4 is 0 Å². The van der Waals surface area contributed by atoms with Gasteiger partial charge in [-0.3, -0.25) is 4.98 Å². The van der Waals surface area contributed by atoms with Crippen LogP contribution in [0.5, 0.6) is 0 Å². The van der Waals surface area contributed by atoms with E-state index < -0.39 is 0 Å². The molecule has 158 valence electrons. The predicted octanol–water partition coefficient (Wildman–Crippen LogP) is 8.00. The molecule has 0 aliphatic rings. The van der Waals surface area contributed by atoms with Gasteiger partial charge in [0.15, 0.2) is 0 Å². The van der Waals surface area contributed by atoms with E-state index in [1.807, 2.05) is 6.20 Å². The second kappa shape index (κ2) is 12.3.